The first kappa shape index (κ1) is 13.5. The minimum absolute atomic E-state index is 0.302. The van der Waals surface area contributed by atoms with Gasteiger partial charge in [-0.1, -0.05) is 0 Å². The molecule has 1 amide bonds. The molecule has 1 atom stereocenters. The lowest BCUT2D eigenvalue weighted by atomic mass is 10.1. The molecule has 0 saturated carbocycles. The van der Waals surface area contributed by atoms with Gasteiger partial charge in [-0.05, 0) is 41.5 Å². The lowest BCUT2D eigenvalue weighted by molar-refractivity contribution is -0.169. The topological polar surface area (TPSA) is 56.8 Å². The molecule has 1 saturated heterocycles. The van der Waals surface area contributed by atoms with E-state index in [0.717, 1.165) is 0 Å². The van der Waals surface area contributed by atoms with Crippen LogP contribution in [0.1, 0.15) is 41.5 Å². The second kappa shape index (κ2) is 4.35. The van der Waals surface area contributed by atoms with E-state index >= 15 is 0 Å². The lowest BCUT2D eigenvalue weighted by Crippen LogP contribution is -2.40. The molecule has 0 spiro atoms. The third-order valence-electron chi connectivity index (χ3n) is 1.64. The first-order valence-corrected chi connectivity index (χ1v) is 5.38. The van der Waals surface area contributed by atoms with E-state index in [9.17, 15) is 4.79 Å². The average Bonchev–Trinajstić information content (AvgIpc) is 2.23. The molecule has 1 fully saturated rings. The van der Waals surface area contributed by atoms with E-state index in [1.807, 2.05) is 41.5 Å². The molecule has 92 valence electrons. The van der Waals surface area contributed by atoms with Gasteiger partial charge in [-0.2, -0.15) is 0 Å². The van der Waals surface area contributed by atoms with Gasteiger partial charge >= 0.3 is 7.25 Å². The highest BCUT2D eigenvalue weighted by molar-refractivity contribution is 6.48. The molecule has 0 aromatic heterocycles. The number of amides is 1. The summed E-state index contributed by atoms with van der Waals surface area (Å²) >= 11 is 0. The van der Waals surface area contributed by atoms with Crippen molar-refractivity contribution in [3.8, 4) is 0 Å². The summed E-state index contributed by atoms with van der Waals surface area (Å²) in [4.78, 5) is 11.5. The zero-order chi connectivity index (χ0) is 12.6. The number of nitrogens with one attached hydrogen (secondary N) is 1. The Morgan fingerprint density at radius 1 is 1.19 bits per heavy atom. The SMILES string of the molecule is CC(C)(C)OB1NC(=O)C(OC(C)(C)C)O1. The van der Waals surface area contributed by atoms with Gasteiger partial charge in [0.1, 0.15) is 0 Å². The van der Waals surface area contributed by atoms with Gasteiger partial charge < -0.3 is 19.3 Å². The van der Waals surface area contributed by atoms with E-state index in [0.29, 0.717) is 0 Å². The molecular formula is C10H20BNO4. The van der Waals surface area contributed by atoms with Crippen molar-refractivity contribution in [2.75, 3.05) is 0 Å². The zero-order valence-corrected chi connectivity index (χ0v) is 10.8. The van der Waals surface area contributed by atoms with Gasteiger partial charge in [0.2, 0.25) is 6.29 Å². The lowest BCUT2D eigenvalue weighted by Gasteiger charge is -2.24. The summed E-state index contributed by atoms with van der Waals surface area (Å²) in [7, 11) is -0.736. The number of carbonyl (C=O) groups is 1. The maximum absolute atomic E-state index is 11.5. The van der Waals surface area contributed by atoms with Gasteiger partial charge in [-0.25, -0.2) is 0 Å². The van der Waals surface area contributed by atoms with Crippen LogP contribution in [0.25, 0.3) is 0 Å². The number of hydrogen-bond acceptors (Lipinski definition) is 4. The van der Waals surface area contributed by atoms with E-state index in [1.165, 1.54) is 0 Å². The summed E-state index contributed by atoms with van der Waals surface area (Å²) in [5.74, 6) is -0.302. The monoisotopic (exact) mass is 229 g/mol. The van der Waals surface area contributed by atoms with Crippen molar-refractivity contribution in [2.45, 2.75) is 59.0 Å². The minimum atomic E-state index is -0.896. The molecule has 1 N–H and O–H groups in total. The van der Waals surface area contributed by atoms with E-state index in [-0.39, 0.29) is 11.5 Å². The molecule has 0 aliphatic carbocycles. The summed E-state index contributed by atoms with van der Waals surface area (Å²) in [5, 5.41) is 2.57. The van der Waals surface area contributed by atoms with Gasteiger partial charge in [-0.15, -0.1) is 0 Å². The largest absolute Gasteiger partial charge is 0.595 e. The highest BCUT2D eigenvalue weighted by Gasteiger charge is 2.43. The van der Waals surface area contributed by atoms with Crippen LogP contribution < -0.4 is 5.23 Å². The van der Waals surface area contributed by atoms with Crippen molar-refractivity contribution in [1.82, 2.24) is 5.23 Å². The number of ether oxygens (including phenoxy) is 1. The van der Waals surface area contributed by atoms with Crippen molar-refractivity contribution in [2.24, 2.45) is 0 Å². The van der Waals surface area contributed by atoms with Crippen LogP contribution in [0.5, 0.6) is 0 Å². The zero-order valence-electron chi connectivity index (χ0n) is 10.8. The Hall–Kier alpha value is -0.585. The number of carbonyl (C=O) groups excluding carboxylic acids is 1. The Bertz CT molecular complexity index is 269. The fourth-order valence-electron chi connectivity index (χ4n) is 1.17. The standard InChI is InChI=1S/C10H20BNO4/c1-9(2,3)14-8-7(13)12-11(15-8)16-10(4,5)6/h8H,1-6H3,(H,12,13). The second-order valence-corrected chi connectivity index (χ2v) is 5.77. The fraction of sp³-hybridized carbons (Fsp3) is 0.900. The van der Waals surface area contributed by atoms with Crippen LogP contribution in [0.2, 0.25) is 0 Å². The molecule has 0 bridgehead atoms. The third-order valence-corrected chi connectivity index (χ3v) is 1.64. The molecule has 1 unspecified atom stereocenters. The molecule has 16 heavy (non-hydrogen) atoms. The Labute approximate surface area is 97.0 Å². The van der Waals surface area contributed by atoms with Gasteiger partial charge in [-0.3, -0.25) is 4.79 Å². The first-order chi connectivity index (χ1) is 7.07. The van der Waals surface area contributed by atoms with Gasteiger partial charge in [0.25, 0.3) is 5.91 Å². The summed E-state index contributed by atoms with van der Waals surface area (Å²) in [6.07, 6.45) is -0.896. The maximum atomic E-state index is 11.5. The highest BCUT2D eigenvalue weighted by atomic mass is 16.7. The van der Waals surface area contributed by atoms with Gasteiger partial charge in [0.05, 0.1) is 5.60 Å². The quantitative estimate of drug-likeness (QED) is 0.719. The molecule has 1 aliphatic rings. The van der Waals surface area contributed by atoms with Crippen molar-refractivity contribution in [3.63, 3.8) is 0 Å². The molecular weight excluding hydrogens is 209 g/mol. The first-order valence-electron chi connectivity index (χ1n) is 5.38. The molecule has 1 heterocycles. The summed E-state index contributed by atoms with van der Waals surface area (Å²) in [5.41, 5.74) is -0.812. The second-order valence-electron chi connectivity index (χ2n) is 5.77. The van der Waals surface area contributed by atoms with E-state index in [2.05, 4.69) is 5.23 Å². The van der Waals surface area contributed by atoms with Crippen LogP contribution in [-0.4, -0.2) is 30.7 Å². The number of hydrogen-bond donors (Lipinski definition) is 1. The third kappa shape index (κ3) is 4.51. The van der Waals surface area contributed by atoms with E-state index < -0.39 is 19.1 Å². The van der Waals surface area contributed by atoms with Crippen molar-refractivity contribution >= 4 is 13.2 Å². The molecule has 5 nitrogen and oxygen atoms in total. The number of rotatable bonds is 2. The minimum Gasteiger partial charge on any atom is -0.387 e. The predicted octanol–water partition coefficient (Wildman–Crippen LogP) is 1.07. The Morgan fingerprint density at radius 3 is 2.19 bits per heavy atom. The predicted molar refractivity (Wildman–Crippen MR) is 60.4 cm³/mol. The van der Waals surface area contributed by atoms with Crippen molar-refractivity contribution in [3.05, 3.63) is 0 Å². The van der Waals surface area contributed by atoms with Crippen LogP contribution in [0, 0.1) is 0 Å². The smallest absolute Gasteiger partial charge is 0.387 e. The van der Waals surface area contributed by atoms with Gasteiger partial charge in [0, 0.05) is 5.60 Å². The highest BCUT2D eigenvalue weighted by Crippen LogP contribution is 2.18. The Morgan fingerprint density at radius 2 is 1.75 bits per heavy atom. The maximum Gasteiger partial charge on any atom is 0.595 e. The molecule has 6 heteroatoms. The molecule has 0 radical (unpaired) electrons. The van der Waals surface area contributed by atoms with Gasteiger partial charge in [0.15, 0.2) is 0 Å². The molecule has 0 aromatic rings. The van der Waals surface area contributed by atoms with Crippen LogP contribution in [0.4, 0.5) is 0 Å². The van der Waals surface area contributed by atoms with Crippen LogP contribution in [0.3, 0.4) is 0 Å². The normalized spacial score (nSPS) is 22.5. The Kier molecular flexibility index (Phi) is 3.67. The summed E-state index contributed by atoms with van der Waals surface area (Å²) in [6.45, 7) is 11.3. The molecule has 0 aromatic carbocycles. The average molecular weight is 229 g/mol. The van der Waals surface area contributed by atoms with E-state index in [4.69, 9.17) is 14.0 Å². The Balaban J connectivity index is 2.51. The molecule has 1 rings (SSSR count). The van der Waals surface area contributed by atoms with Crippen molar-refractivity contribution in [1.29, 1.82) is 0 Å². The molecule has 1 aliphatic heterocycles. The van der Waals surface area contributed by atoms with Crippen LogP contribution in [0.15, 0.2) is 0 Å². The van der Waals surface area contributed by atoms with Crippen LogP contribution in [-0.2, 0) is 18.8 Å². The van der Waals surface area contributed by atoms with Crippen LogP contribution >= 0.6 is 0 Å². The van der Waals surface area contributed by atoms with E-state index in [1.54, 1.807) is 0 Å². The fourth-order valence-corrected chi connectivity index (χ4v) is 1.17. The van der Waals surface area contributed by atoms with Crippen molar-refractivity contribution < 1.29 is 18.8 Å². The summed E-state index contributed by atoms with van der Waals surface area (Å²) < 4.78 is 16.2. The summed E-state index contributed by atoms with van der Waals surface area (Å²) in [6, 6.07) is 0.